The Balaban J connectivity index is 2.27. The fourth-order valence-electron chi connectivity index (χ4n) is 1.01. The van der Waals surface area contributed by atoms with E-state index in [9.17, 15) is 0 Å². The summed E-state index contributed by atoms with van der Waals surface area (Å²) in [6.07, 6.45) is 0.956. The monoisotopic (exact) mass is 215 g/mol. The Labute approximate surface area is 88.7 Å². The van der Waals surface area contributed by atoms with Gasteiger partial charge in [-0.3, -0.25) is 0 Å². The van der Waals surface area contributed by atoms with Gasteiger partial charge in [0.1, 0.15) is 16.6 Å². The molecule has 0 aliphatic rings. The van der Waals surface area contributed by atoms with E-state index in [1.165, 1.54) is 0 Å². The predicted octanol–water partition coefficient (Wildman–Crippen LogP) is 1.23. The third-order valence-corrected chi connectivity index (χ3v) is 2.66. The standard InChI is InChI=1S/C9H17N3OS/c1-3-10-6-5-8-11-12-9(14-8)7-13-4-2/h10H,3-7H2,1-2H3. The average molecular weight is 215 g/mol. The molecule has 0 atom stereocenters. The van der Waals surface area contributed by atoms with Crippen molar-refractivity contribution < 1.29 is 4.74 Å². The molecule has 14 heavy (non-hydrogen) atoms. The average Bonchev–Trinajstić information content (AvgIpc) is 2.63. The van der Waals surface area contributed by atoms with Crippen molar-refractivity contribution in [3.63, 3.8) is 0 Å². The van der Waals surface area contributed by atoms with E-state index in [1.807, 2.05) is 6.92 Å². The molecule has 0 aromatic carbocycles. The van der Waals surface area contributed by atoms with Gasteiger partial charge in [-0.2, -0.15) is 0 Å². The summed E-state index contributed by atoms with van der Waals surface area (Å²) in [7, 11) is 0. The second-order valence-corrected chi connectivity index (χ2v) is 3.98. The van der Waals surface area contributed by atoms with Crippen molar-refractivity contribution in [3.05, 3.63) is 10.0 Å². The number of nitrogens with zero attached hydrogens (tertiary/aromatic N) is 2. The summed E-state index contributed by atoms with van der Waals surface area (Å²) < 4.78 is 5.25. The topological polar surface area (TPSA) is 47.0 Å². The van der Waals surface area contributed by atoms with Crippen LogP contribution in [0.2, 0.25) is 0 Å². The molecule has 1 aromatic heterocycles. The number of rotatable bonds is 7. The predicted molar refractivity (Wildman–Crippen MR) is 57.5 cm³/mol. The first kappa shape index (κ1) is 11.6. The molecule has 0 aliphatic carbocycles. The van der Waals surface area contributed by atoms with Gasteiger partial charge < -0.3 is 10.1 Å². The quantitative estimate of drug-likeness (QED) is 0.695. The third-order valence-electron chi connectivity index (χ3n) is 1.70. The maximum absolute atomic E-state index is 5.25. The molecule has 0 amide bonds. The van der Waals surface area contributed by atoms with Gasteiger partial charge in [-0.25, -0.2) is 0 Å². The van der Waals surface area contributed by atoms with Crippen LogP contribution < -0.4 is 5.32 Å². The molecule has 0 spiro atoms. The van der Waals surface area contributed by atoms with E-state index in [0.717, 1.165) is 36.1 Å². The SMILES string of the molecule is CCNCCc1nnc(COCC)s1. The van der Waals surface area contributed by atoms with Crippen LogP contribution in [0.25, 0.3) is 0 Å². The zero-order valence-corrected chi connectivity index (χ0v) is 9.56. The number of hydrogen-bond acceptors (Lipinski definition) is 5. The van der Waals surface area contributed by atoms with Crippen molar-refractivity contribution in [2.45, 2.75) is 26.9 Å². The van der Waals surface area contributed by atoms with Crippen LogP contribution in [0, 0.1) is 0 Å². The van der Waals surface area contributed by atoms with Gasteiger partial charge in [-0.05, 0) is 13.5 Å². The summed E-state index contributed by atoms with van der Waals surface area (Å²) in [6, 6.07) is 0. The first-order chi connectivity index (χ1) is 6.86. The summed E-state index contributed by atoms with van der Waals surface area (Å²) in [5.41, 5.74) is 0. The van der Waals surface area contributed by atoms with Gasteiger partial charge in [-0.15, -0.1) is 10.2 Å². The molecular formula is C9H17N3OS. The summed E-state index contributed by atoms with van der Waals surface area (Å²) in [5, 5.41) is 13.4. The maximum Gasteiger partial charge on any atom is 0.143 e. The van der Waals surface area contributed by atoms with Crippen LogP contribution in [0.5, 0.6) is 0 Å². The van der Waals surface area contributed by atoms with Crippen molar-refractivity contribution in [2.24, 2.45) is 0 Å². The number of aromatic nitrogens is 2. The number of likely N-dealkylation sites (N-methyl/N-ethyl adjacent to an activating group) is 1. The minimum atomic E-state index is 0.593. The minimum absolute atomic E-state index is 0.593. The highest BCUT2D eigenvalue weighted by Gasteiger charge is 2.02. The minimum Gasteiger partial charge on any atom is -0.374 e. The van der Waals surface area contributed by atoms with Gasteiger partial charge in [0.15, 0.2) is 0 Å². The summed E-state index contributed by atoms with van der Waals surface area (Å²) >= 11 is 1.64. The molecule has 80 valence electrons. The van der Waals surface area contributed by atoms with Crippen LogP contribution in [0.1, 0.15) is 23.9 Å². The Kier molecular flexibility index (Phi) is 5.66. The van der Waals surface area contributed by atoms with Crippen molar-refractivity contribution in [2.75, 3.05) is 19.7 Å². The first-order valence-electron chi connectivity index (χ1n) is 4.96. The van der Waals surface area contributed by atoms with Crippen LogP contribution in [0.15, 0.2) is 0 Å². The lowest BCUT2D eigenvalue weighted by atomic mass is 10.4. The Morgan fingerprint density at radius 3 is 2.79 bits per heavy atom. The highest BCUT2D eigenvalue weighted by atomic mass is 32.1. The lowest BCUT2D eigenvalue weighted by Gasteiger charge is -1.96. The van der Waals surface area contributed by atoms with E-state index in [1.54, 1.807) is 11.3 Å². The van der Waals surface area contributed by atoms with Gasteiger partial charge in [-0.1, -0.05) is 18.3 Å². The molecule has 0 unspecified atom stereocenters. The number of hydrogen-bond donors (Lipinski definition) is 1. The van der Waals surface area contributed by atoms with Gasteiger partial charge in [0.2, 0.25) is 0 Å². The van der Waals surface area contributed by atoms with E-state index in [2.05, 4.69) is 22.4 Å². The fraction of sp³-hybridized carbons (Fsp3) is 0.778. The largest absolute Gasteiger partial charge is 0.374 e. The molecule has 0 aliphatic heterocycles. The zero-order chi connectivity index (χ0) is 10.2. The van der Waals surface area contributed by atoms with Crippen LogP contribution in [-0.4, -0.2) is 29.9 Å². The molecule has 0 saturated carbocycles. The van der Waals surface area contributed by atoms with E-state index in [4.69, 9.17) is 4.74 Å². The first-order valence-corrected chi connectivity index (χ1v) is 5.78. The molecule has 1 N–H and O–H groups in total. The summed E-state index contributed by atoms with van der Waals surface area (Å²) in [4.78, 5) is 0. The van der Waals surface area contributed by atoms with E-state index in [0.29, 0.717) is 6.61 Å². The smallest absolute Gasteiger partial charge is 0.143 e. The third kappa shape index (κ3) is 4.13. The molecule has 0 saturated heterocycles. The molecule has 0 bridgehead atoms. The van der Waals surface area contributed by atoms with Crippen molar-refractivity contribution in [1.82, 2.24) is 15.5 Å². The Bertz CT molecular complexity index is 252. The van der Waals surface area contributed by atoms with Crippen molar-refractivity contribution in [1.29, 1.82) is 0 Å². The molecule has 5 heteroatoms. The molecule has 1 aromatic rings. The molecule has 1 rings (SSSR count). The fourth-order valence-corrected chi connectivity index (χ4v) is 1.79. The van der Waals surface area contributed by atoms with E-state index >= 15 is 0 Å². The van der Waals surface area contributed by atoms with E-state index in [-0.39, 0.29) is 0 Å². The molecule has 0 fully saturated rings. The Morgan fingerprint density at radius 1 is 1.29 bits per heavy atom. The van der Waals surface area contributed by atoms with Crippen LogP contribution >= 0.6 is 11.3 Å². The molecule has 4 nitrogen and oxygen atoms in total. The lowest BCUT2D eigenvalue weighted by molar-refractivity contribution is 0.133. The molecular weight excluding hydrogens is 198 g/mol. The van der Waals surface area contributed by atoms with Crippen molar-refractivity contribution >= 4 is 11.3 Å². The Hall–Kier alpha value is -0.520. The second-order valence-electron chi connectivity index (χ2n) is 2.83. The van der Waals surface area contributed by atoms with Gasteiger partial charge >= 0.3 is 0 Å². The summed E-state index contributed by atoms with van der Waals surface area (Å²) in [6.45, 7) is 7.37. The second kappa shape index (κ2) is 6.86. The van der Waals surface area contributed by atoms with Crippen LogP contribution in [-0.2, 0) is 17.8 Å². The molecule has 1 heterocycles. The van der Waals surface area contributed by atoms with Crippen LogP contribution in [0.3, 0.4) is 0 Å². The zero-order valence-electron chi connectivity index (χ0n) is 8.75. The van der Waals surface area contributed by atoms with Crippen LogP contribution in [0.4, 0.5) is 0 Å². The normalized spacial score (nSPS) is 10.7. The summed E-state index contributed by atoms with van der Waals surface area (Å²) in [5.74, 6) is 0. The highest BCUT2D eigenvalue weighted by Crippen LogP contribution is 2.10. The number of ether oxygens (including phenoxy) is 1. The maximum atomic E-state index is 5.25. The van der Waals surface area contributed by atoms with Gasteiger partial charge in [0.25, 0.3) is 0 Å². The number of nitrogens with one attached hydrogen (secondary N) is 1. The van der Waals surface area contributed by atoms with E-state index < -0.39 is 0 Å². The molecule has 0 radical (unpaired) electrons. The van der Waals surface area contributed by atoms with Crippen molar-refractivity contribution in [3.8, 4) is 0 Å². The lowest BCUT2D eigenvalue weighted by Crippen LogP contribution is -2.15. The highest BCUT2D eigenvalue weighted by molar-refractivity contribution is 7.11. The Morgan fingerprint density at radius 2 is 2.07 bits per heavy atom. The van der Waals surface area contributed by atoms with Gasteiger partial charge in [0, 0.05) is 19.6 Å². The van der Waals surface area contributed by atoms with Gasteiger partial charge in [0.05, 0.1) is 0 Å².